The third-order valence-electron chi connectivity index (χ3n) is 2.05. The van der Waals surface area contributed by atoms with Crippen LogP contribution in [0.25, 0.3) is 0 Å². The Balaban J connectivity index is 2.80. The maximum atomic E-state index is 11.8. The highest BCUT2D eigenvalue weighted by Crippen LogP contribution is 1.99. The minimum absolute atomic E-state index is 0.0614. The second-order valence-electron chi connectivity index (χ2n) is 3.55. The van der Waals surface area contributed by atoms with Gasteiger partial charge in [-0.3, -0.25) is 4.79 Å². The van der Waals surface area contributed by atoms with Crippen molar-refractivity contribution >= 4 is 17.8 Å². The van der Waals surface area contributed by atoms with Crippen molar-refractivity contribution in [1.82, 2.24) is 15.5 Å². The molecular weight excluding hydrogens is 270 g/mol. The SMILES string of the molecule is CCOC(=O)C(NC(=O)c1noc(C)n1)C(=O)OCC. The van der Waals surface area contributed by atoms with Gasteiger partial charge in [-0.25, -0.2) is 9.59 Å². The zero-order valence-electron chi connectivity index (χ0n) is 11.3. The molecule has 0 bridgehead atoms. The number of rotatable bonds is 6. The lowest BCUT2D eigenvalue weighted by molar-refractivity contribution is -0.157. The molecule has 0 radical (unpaired) electrons. The molecule has 1 heterocycles. The number of nitrogens with zero attached hydrogens (tertiary/aromatic N) is 2. The van der Waals surface area contributed by atoms with Crippen LogP contribution in [0.5, 0.6) is 0 Å². The Morgan fingerprint density at radius 1 is 1.20 bits per heavy atom. The van der Waals surface area contributed by atoms with E-state index in [9.17, 15) is 14.4 Å². The first-order chi connectivity index (χ1) is 9.49. The van der Waals surface area contributed by atoms with Crippen LogP contribution < -0.4 is 5.32 Å². The molecule has 0 atom stereocenters. The van der Waals surface area contributed by atoms with Gasteiger partial charge >= 0.3 is 11.9 Å². The Hall–Kier alpha value is -2.45. The van der Waals surface area contributed by atoms with E-state index in [1.807, 2.05) is 0 Å². The number of nitrogens with one attached hydrogen (secondary N) is 1. The molecule has 1 N–H and O–H groups in total. The van der Waals surface area contributed by atoms with E-state index in [0.717, 1.165) is 0 Å². The first-order valence-corrected chi connectivity index (χ1v) is 5.94. The Morgan fingerprint density at radius 2 is 1.75 bits per heavy atom. The number of aromatic nitrogens is 2. The van der Waals surface area contributed by atoms with Crippen LogP contribution in [-0.4, -0.2) is 47.2 Å². The predicted octanol–water partition coefficient (Wildman–Crippen LogP) is -0.397. The number of aryl methyl sites for hydroxylation is 1. The summed E-state index contributed by atoms with van der Waals surface area (Å²) in [6, 6.07) is -1.57. The summed E-state index contributed by atoms with van der Waals surface area (Å²) in [5, 5.41) is 5.52. The van der Waals surface area contributed by atoms with E-state index in [4.69, 9.17) is 9.47 Å². The van der Waals surface area contributed by atoms with Gasteiger partial charge in [0.05, 0.1) is 13.2 Å². The van der Waals surface area contributed by atoms with Crippen LogP contribution >= 0.6 is 0 Å². The average Bonchev–Trinajstić information content (AvgIpc) is 2.83. The van der Waals surface area contributed by atoms with Gasteiger partial charge in [-0.15, -0.1) is 0 Å². The van der Waals surface area contributed by atoms with Crippen molar-refractivity contribution in [3.63, 3.8) is 0 Å². The maximum absolute atomic E-state index is 11.8. The molecule has 110 valence electrons. The molecule has 0 aliphatic heterocycles. The molecule has 0 saturated carbocycles. The molecule has 1 aromatic heterocycles. The second kappa shape index (κ2) is 7.22. The van der Waals surface area contributed by atoms with Gasteiger partial charge in [0.1, 0.15) is 0 Å². The molecule has 0 fully saturated rings. The Labute approximate surface area is 114 Å². The maximum Gasteiger partial charge on any atom is 0.340 e. The molecule has 0 spiro atoms. The fraction of sp³-hybridized carbons (Fsp3) is 0.545. The van der Waals surface area contributed by atoms with Gasteiger partial charge in [-0.2, -0.15) is 4.98 Å². The second-order valence-corrected chi connectivity index (χ2v) is 3.55. The highest BCUT2D eigenvalue weighted by molar-refractivity contribution is 6.04. The van der Waals surface area contributed by atoms with Crippen LogP contribution in [-0.2, 0) is 19.1 Å². The number of hydrogen-bond acceptors (Lipinski definition) is 8. The zero-order chi connectivity index (χ0) is 15.1. The van der Waals surface area contributed by atoms with Gasteiger partial charge in [0, 0.05) is 6.92 Å². The number of esters is 2. The summed E-state index contributed by atoms with van der Waals surface area (Å²) in [7, 11) is 0. The molecule has 9 heteroatoms. The smallest absolute Gasteiger partial charge is 0.340 e. The predicted molar refractivity (Wildman–Crippen MR) is 63.6 cm³/mol. The van der Waals surface area contributed by atoms with Gasteiger partial charge in [0.15, 0.2) is 0 Å². The monoisotopic (exact) mass is 285 g/mol. The lowest BCUT2D eigenvalue weighted by Crippen LogP contribution is -2.48. The van der Waals surface area contributed by atoms with E-state index in [0.29, 0.717) is 0 Å². The first-order valence-electron chi connectivity index (χ1n) is 5.94. The van der Waals surface area contributed by atoms with Gasteiger partial charge in [0.25, 0.3) is 11.7 Å². The van der Waals surface area contributed by atoms with Crippen LogP contribution in [0.15, 0.2) is 4.52 Å². The van der Waals surface area contributed by atoms with Crippen LogP contribution in [0.1, 0.15) is 30.4 Å². The summed E-state index contributed by atoms with van der Waals surface area (Å²) in [4.78, 5) is 38.7. The summed E-state index contributed by atoms with van der Waals surface area (Å²) in [5.41, 5.74) is 0. The topological polar surface area (TPSA) is 121 Å². The zero-order valence-corrected chi connectivity index (χ0v) is 11.3. The molecule has 1 aromatic rings. The normalized spacial score (nSPS) is 10.2. The summed E-state index contributed by atoms with van der Waals surface area (Å²) >= 11 is 0. The minimum atomic E-state index is -1.57. The van der Waals surface area contributed by atoms with Gasteiger partial charge < -0.3 is 19.3 Å². The van der Waals surface area contributed by atoms with Crippen LogP contribution in [0, 0.1) is 6.92 Å². The Kier molecular flexibility index (Phi) is 5.63. The molecule has 9 nitrogen and oxygen atoms in total. The third kappa shape index (κ3) is 4.04. The standard InChI is InChI=1S/C11H15N3O6/c1-4-18-10(16)7(11(17)19-5-2)13-9(15)8-12-6(3)20-14-8/h7H,4-5H2,1-3H3,(H,13,15). The molecule has 0 unspecified atom stereocenters. The van der Waals surface area contributed by atoms with Gasteiger partial charge in [-0.1, -0.05) is 5.16 Å². The molecule has 0 saturated heterocycles. The van der Waals surface area contributed by atoms with Crippen molar-refractivity contribution in [3.05, 3.63) is 11.7 Å². The quantitative estimate of drug-likeness (QED) is 0.553. The van der Waals surface area contributed by atoms with Crippen molar-refractivity contribution in [2.45, 2.75) is 26.8 Å². The van der Waals surface area contributed by atoms with E-state index >= 15 is 0 Å². The molecule has 20 heavy (non-hydrogen) atoms. The van der Waals surface area contributed by atoms with E-state index in [2.05, 4.69) is 20.0 Å². The lowest BCUT2D eigenvalue weighted by atomic mass is 10.3. The van der Waals surface area contributed by atoms with Crippen molar-refractivity contribution < 1.29 is 28.4 Å². The minimum Gasteiger partial charge on any atom is -0.464 e. The summed E-state index contributed by atoms with van der Waals surface area (Å²) in [6.45, 7) is 4.77. The van der Waals surface area contributed by atoms with Crippen molar-refractivity contribution in [3.8, 4) is 0 Å². The third-order valence-corrected chi connectivity index (χ3v) is 2.05. The van der Waals surface area contributed by atoms with Crippen LogP contribution in [0.3, 0.4) is 0 Å². The lowest BCUT2D eigenvalue weighted by Gasteiger charge is -2.14. The Morgan fingerprint density at radius 3 is 2.15 bits per heavy atom. The largest absolute Gasteiger partial charge is 0.464 e. The number of carbonyl (C=O) groups is 3. The highest BCUT2D eigenvalue weighted by atomic mass is 16.6. The Bertz CT molecular complexity index is 480. The fourth-order valence-electron chi connectivity index (χ4n) is 1.25. The number of amides is 1. The number of carbonyl (C=O) groups excluding carboxylic acids is 3. The summed E-state index contributed by atoms with van der Waals surface area (Å²) < 4.78 is 14.0. The summed E-state index contributed by atoms with van der Waals surface area (Å²) in [6.07, 6.45) is 0. The molecule has 1 amide bonds. The van der Waals surface area contributed by atoms with Crippen LogP contribution in [0.4, 0.5) is 0 Å². The van der Waals surface area contributed by atoms with Crippen molar-refractivity contribution in [2.75, 3.05) is 13.2 Å². The number of hydrogen-bond donors (Lipinski definition) is 1. The van der Waals surface area contributed by atoms with Gasteiger partial charge in [0.2, 0.25) is 11.9 Å². The molecule has 0 aliphatic carbocycles. The first kappa shape index (κ1) is 15.6. The molecule has 1 rings (SSSR count). The van der Waals surface area contributed by atoms with Crippen molar-refractivity contribution in [2.24, 2.45) is 0 Å². The fourth-order valence-corrected chi connectivity index (χ4v) is 1.25. The molecule has 0 aliphatic rings. The van der Waals surface area contributed by atoms with Crippen LogP contribution in [0.2, 0.25) is 0 Å². The average molecular weight is 285 g/mol. The van der Waals surface area contributed by atoms with Gasteiger partial charge in [-0.05, 0) is 13.8 Å². The molecule has 0 aromatic carbocycles. The van der Waals surface area contributed by atoms with E-state index in [-0.39, 0.29) is 24.9 Å². The van der Waals surface area contributed by atoms with E-state index in [1.165, 1.54) is 6.92 Å². The highest BCUT2D eigenvalue weighted by Gasteiger charge is 2.32. The van der Waals surface area contributed by atoms with E-state index < -0.39 is 23.9 Å². The van der Waals surface area contributed by atoms with Crippen molar-refractivity contribution in [1.29, 1.82) is 0 Å². The number of ether oxygens (including phenoxy) is 2. The van der Waals surface area contributed by atoms with E-state index in [1.54, 1.807) is 13.8 Å². The molecular formula is C11H15N3O6. The summed E-state index contributed by atoms with van der Waals surface area (Å²) in [5.74, 6) is -2.79.